The van der Waals surface area contributed by atoms with Crippen LogP contribution in [0.25, 0.3) is 11.0 Å². The highest BCUT2D eigenvalue weighted by Crippen LogP contribution is 2.27. The highest BCUT2D eigenvalue weighted by atomic mass is 35.5. The number of rotatable bonds is 7. The van der Waals surface area contributed by atoms with Crippen LogP contribution in [0.1, 0.15) is 15.9 Å². The van der Waals surface area contributed by atoms with Crippen LogP contribution in [-0.2, 0) is 11.3 Å². The van der Waals surface area contributed by atoms with Gasteiger partial charge in [-0.2, -0.15) is 0 Å². The number of carbonyl (C=O) groups is 2. The molecule has 0 saturated carbocycles. The Balaban J connectivity index is 1.52. The van der Waals surface area contributed by atoms with E-state index in [-0.39, 0.29) is 17.6 Å². The first-order valence-electron chi connectivity index (χ1n) is 9.98. The molecule has 0 aliphatic heterocycles. The van der Waals surface area contributed by atoms with Crippen molar-refractivity contribution in [2.75, 3.05) is 18.1 Å². The molecule has 0 aliphatic rings. The minimum Gasteiger partial charge on any atom is -0.355 e. The van der Waals surface area contributed by atoms with Gasteiger partial charge in [-0.15, -0.1) is 0 Å². The van der Waals surface area contributed by atoms with Crippen molar-refractivity contribution in [3.63, 3.8) is 0 Å². The molecule has 0 radical (unpaired) electrons. The maximum atomic E-state index is 12.6. The first-order valence-corrected chi connectivity index (χ1v) is 11.3. The van der Waals surface area contributed by atoms with Gasteiger partial charge in [0.25, 0.3) is 5.91 Å². The van der Waals surface area contributed by atoms with Gasteiger partial charge in [0.2, 0.25) is 5.91 Å². The summed E-state index contributed by atoms with van der Waals surface area (Å²) in [6.07, 6.45) is 0. The average Bonchev–Trinajstić information content (AvgIpc) is 3.14. The Kier molecular flexibility index (Phi) is 6.78. The van der Waals surface area contributed by atoms with E-state index in [4.69, 9.17) is 16.6 Å². The van der Waals surface area contributed by atoms with Gasteiger partial charge in [0.15, 0.2) is 5.16 Å². The van der Waals surface area contributed by atoms with Gasteiger partial charge in [-0.3, -0.25) is 9.59 Å². The number of benzene rings is 3. The Morgan fingerprint density at radius 2 is 1.84 bits per heavy atom. The largest absolute Gasteiger partial charge is 0.355 e. The number of anilines is 1. The van der Waals surface area contributed by atoms with Crippen molar-refractivity contribution in [1.82, 2.24) is 14.9 Å². The Morgan fingerprint density at radius 3 is 2.62 bits per heavy atom. The number of thioether (sulfide) groups is 1. The van der Waals surface area contributed by atoms with Crippen molar-refractivity contribution in [3.05, 3.63) is 88.9 Å². The van der Waals surface area contributed by atoms with E-state index in [0.29, 0.717) is 22.8 Å². The third kappa shape index (κ3) is 5.12. The van der Waals surface area contributed by atoms with Gasteiger partial charge in [0.1, 0.15) is 0 Å². The van der Waals surface area contributed by atoms with E-state index in [1.165, 1.54) is 11.8 Å². The van der Waals surface area contributed by atoms with E-state index in [9.17, 15) is 9.59 Å². The number of fused-ring (bicyclic) bond motifs is 1. The molecule has 1 aromatic heterocycles. The van der Waals surface area contributed by atoms with Crippen molar-refractivity contribution in [2.24, 2.45) is 0 Å². The fourth-order valence-electron chi connectivity index (χ4n) is 3.32. The zero-order valence-corrected chi connectivity index (χ0v) is 18.9. The van der Waals surface area contributed by atoms with Crippen LogP contribution in [0.4, 0.5) is 5.69 Å². The van der Waals surface area contributed by atoms with E-state index in [1.807, 2.05) is 36.4 Å². The normalized spacial score (nSPS) is 10.8. The Morgan fingerprint density at radius 1 is 1.03 bits per heavy atom. The summed E-state index contributed by atoms with van der Waals surface area (Å²) in [5.41, 5.74) is 3.94. The molecule has 2 amide bonds. The lowest BCUT2D eigenvalue weighted by Gasteiger charge is -2.10. The molecule has 8 heteroatoms. The molecule has 0 aliphatic carbocycles. The number of hydrogen-bond donors (Lipinski definition) is 2. The monoisotopic (exact) mass is 464 g/mol. The van der Waals surface area contributed by atoms with Gasteiger partial charge >= 0.3 is 0 Å². The second-order valence-corrected chi connectivity index (χ2v) is 8.47. The minimum atomic E-state index is -0.205. The molecule has 0 spiro atoms. The molecule has 0 saturated heterocycles. The summed E-state index contributed by atoms with van der Waals surface area (Å²) in [6, 6.07) is 22.5. The number of halogens is 1. The van der Waals surface area contributed by atoms with E-state index in [1.54, 1.807) is 31.3 Å². The van der Waals surface area contributed by atoms with Gasteiger partial charge in [-0.1, -0.05) is 59.8 Å². The molecule has 4 aromatic rings. The number of imidazole rings is 1. The molecule has 1 heterocycles. The predicted octanol–water partition coefficient (Wildman–Crippen LogP) is 4.83. The molecule has 2 N–H and O–H groups in total. The molecule has 162 valence electrons. The van der Waals surface area contributed by atoms with Crippen molar-refractivity contribution in [2.45, 2.75) is 11.7 Å². The lowest BCUT2D eigenvalue weighted by atomic mass is 10.2. The first kappa shape index (κ1) is 21.9. The quantitative estimate of drug-likeness (QED) is 0.384. The molecule has 0 atom stereocenters. The van der Waals surface area contributed by atoms with E-state index < -0.39 is 0 Å². The second kappa shape index (κ2) is 9.89. The maximum absolute atomic E-state index is 12.6. The van der Waals surface area contributed by atoms with Gasteiger partial charge in [-0.05, 0) is 42.0 Å². The Labute approximate surface area is 195 Å². The number of nitrogens with one attached hydrogen (secondary N) is 2. The van der Waals surface area contributed by atoms with Crippen LogP contribution in [0, 0.1) is 0 Å². The van der Waals surface area contributed by atoms with Gasteiger partial charge < -0.3 is 15.2 Å². The number of hydrogen-bond acceptors (Lipinski definition) is 4. The molecule has 0 bridgehead atoms. The van der Waals surface area contributed by atoms with Crippen molar-refractivity contribution in [1.29, 1.82) is 0 Å². The van der Waals surface area contributed by atoms with Crippen LogP contribution < -0.4 is 10.6 Å². The van der Waals surface area contributed by atoms with Crippen LogP contribution in [0.3, 0.4) is 0 Å². The highest BCUT2D eigenvalue weighted by Gasteiger charge is 2.14. The number of carbonyl (C=O) groups excluding carboxylic acids is 2. The summed E-state index contributed by atoms with van der Waals surface area (Å²) < 4.78 is 2.09. The van der Waals surface area contributed by atoms with Crippen LogP contribution in [0.5, 0.6) is 0 Å². The highest BCUT2D eigenvalue weighted by molar-refractivity contribution is 7.99. The number of aromatic nitrogens is 2. The van der Waals surface area contributed by atoms with Gasteiger partial charge in [0, 0.05) is 23.3 Å². The number of nitrogens with zero attached hydrogens (tertiary/aromatic N) is 2. The molecule has 4 rings (SSSR count). The molecule has 0 unspecified atom stereocenters. The molecule has 6 nitrogen and oxygen atoms in total. The van der Waals surface area contributed by atoms with Gasteiger partial charge in [-0.25, -0.2) is 4.98 Å². The number of amides is 2. The van der Waals surface area contributed by atoms with E-state index in [0.717, 1.165) is 21.8 Å². The molecule has 32 heavy (non-hydrogen) atoms. The zero-order chi connectivity index (χ0) is 22.5. The molecule has 3 aromatic carbocycles. The summed E-state index contributed by atoms with van der Waals surface area (Å²) >= 11 is 7.51. The fourth-order valence-corrected chi connectivity index (χ4v) is 4.30. The predicted molar refractivity (Wildman–Crippen MR) is 129 cm³/mol. The van der Waals surface area contributed by atoms with Crippen LogP contribution in [0.15, 0.2) is 78.0 Å². The zero-order valence-electron chi connectivity index (χ0n) is 17.3. The minimum absolute atomic E-state index is 0.177. The summed E-state index contributed by atoms with van der Waals surface area (Å²) in [6.45, 7) is 0.636. The SMILES string of the molecule is CNC(=O)c1cccc(NC(=O)CSc2nc3cc(Cl)ccc3n2Cc2ccccc2)c1. The third-order valence-corrected chi connectivity index (χ3v) is 6.04. The van der Waals surface area contributed by atoms with Crippen LogP contribution in [0.2, 0.25) is 5.02 Å². The first-order chi connectivity index (χ1) is 15.5. The summed E-state index contributed by atoms with van der Waals surface area (Å²) in [4.78, 5) is 29.1. The van der Waals surface area contributed by atoms with E-state index >= 15 is 0 Å². The van der Waals surface area contributed by atoms with E-state index in [2.05, 4.69) is 27.3 Å². The van der Waals surface area contributed by atoms with Crippen LogP contribution >= 0.6 is 23.4 Å². The summed E-state index contributed by atoms with van der Waals surface area (Å²) in [5.74, 6) is -0.208. The molecular formula is C24H21ClN4O2S. The second-order valence-electron chi connectivity index (χ2n) is 7.10. The Hall–Kier alpha value is -3.29. The fraction of sp³-hybridized carbons (Fsp3) is 0.125. The van der Waals surface area contributed by atoms with Crippen molar-refractivity contribution in [3.8, 4) is 0 Å². The van der Waals surface area contributed by atoms with Crippen molar-refractivity contribution >= 4 is 51.9 Å². The topological polar surface area (TPSA) is 76.0 Å². The lowest BCUT2D eigenvalue weighted by Crippen LogP contribution is -2.19. The smallest absolute Gasteiger partial charge is 0.251 e. The van der Waals surface area contributed by atoms with Crippen molar-refractivity contribution < 1.29 is 9.59 Å². The molecular weight excluding hydrogens is 444 g/mol. The van der Waals surface area contributed by atoms with Crippen LogP contribution in [-0.4, -0.2) is 34.2 Å². The van der Waals surface area contributed by atoms with Gasteiger partial charge in [0.05, 0.1) is 23.3 Å². The average molecular weight is 465 g/mol. The summed E-state index contributed by atoms with van der Waals surface area (Å²) in [5, 5.41) is 6.77. The Bertz CT molecular complexity index is 1270. The lowest BCUT2D eigenvalue weighted by molar-refractivity contribution is -0.113. The molecule has 0 fully saturated rings. The standard InChI is InChI=1S/C24H21ClN4O2S/c1-26-23(31)17-8-5-9-19(12-17)27-22(30)15-32-24-28-20-13-18(25)10-11-21(20)29(24)14-16-6-3-2-4-7-16/h2-13H,14-15H2,1H3,(H,26,31)(H,27,30). The summed E-state index contributed by atoms with van der Waals surface area (Å²) in [7, 11) is 1.57. The third-order valence-electron chi connectivity index (χ3n) is 4.83. The maximum Gasteiger partial charge on any atom is 0.251 e.